The zero-order valence-electron chi connectivity index (χ0n) is 11.1. The summed E-state index contributed by atoms with van der Waals surface area (Å²) in [5.41, 5.74) is 1.69. The van der Waals surface area contributed by atoms with Crippen LogP contribution in [0.4, 0.5) is 4.79 Å². The molecule has 1 atom stereocenters. The van der Waals surface area contributed by atoms with Crippen LogP contribution in [0.2, 0.25) is 0 Å². The van der Waals surface area contributed by atoms with Gasteiger partial charge in [-0.05, 0) is 13.8 Å². The molecule has 0 spiro atoms. The Morgan fingerprint density at radius 1 is 1.58 bits per heavy atom. The van der Waals surface area contributed by atoms with Crippen LogP contribution in [0.15, 0.2) is 12.7 Å². The maximum absolute atomic E-state index is 11.4. The van der Waals surface area contributed by atoms with Crippen molar-refractivity contribution in [3.8, 4) is 0 Å². The van der Waals surface area contributed by atoms with Crippen molar-refractivity contribution in [1.29, 1.82) is 0 Å². The van der Waals surface area contributed by atoms with E-state index >= 15 is 0 Å². The summed E-state index contributed by atoms with van der Waals surface area (Å²) in [4.78, 5) is 22.7. The molecular formula is C12H17N3O4. The molecule has 0 fully saturated rings. The molecule has 0 saturated heterocycles. The molecule has 1 amide bonds. The first-order valence-corrected chi connectivity index (χ1v) is 5.65. The van der Waals surface area contributed by atoms with Crippen LogP contribution in [0.25, 0.3) is 0 Å². The number of alkyl carbamates (subject to hydrolysis) is 1. The summed E-state index contributed by atoms with van der Waals surface area (Å²) >= 11 is 0. The van der Waals surface area contributed by atoms with Gasteiger partial charge in [0, 0.05) is 18.3 Å². The van der Waals surface area contributed by atoms with E-state index in [1.165, 1.54) is 6.08 Å². The molecule has 0 aliphatic heterocycles. The zero-order chi connectivity index (χ0) is 14.6. The number of rotatable bonds is 5. The number of carbonyl (C=O) groups is 2. The van der Waals surface area contributed by atoms with E-state index in [9.17, 15) is 14.7 Å². The van der Waals surface area contributed by atoms with Gasteiger partial charge >= 0.3 is 12.1 Å². The second-order valence-corrected chi connectivity index (χ2v) is 4.01. The number of ether oxygens (including phenoxy) is 1. The SMILES string of the molecule is C=CCOC(=O)NC(C(=O)O)c1c(C)nn(C)c1C. The van der Waals surface area contributed by atoms with Crippen molar-refractivity contribution in [2.45, 2.75) is 19.9 Å². The number of carboxylic acids is 1. The van der Waals surface area contributed by atoms with Gasteiger partial charge in [-0.25, -0.2) is 9.59 Å². The summed E-state index contributed by atoms with van der Waals surface area (Å²) < 4.78 is 6.29. The molecule has 1 aromatic rings. The number of hydrogen-bond acceptors (Lipinski definition) is 4. The van der Waals surface area contributed by atoms with Gasteiger partial charge in [0.05, 0.1) is 5.69 Å². The fourth-order valence-electron chi connectivity index (χ4n) is 1.76. The Balaban J connectivity index is 2.98. The highest BCUT2D eigenvalue weighted by atomic mass is 16.5. The van der Waals surface area contributed by atoms with Gasteiger partial charge in [0.1, 0.15) is 6.61 Å². The van der Waals surface area contributed by atoms with E-state index in [0.29, 0.717) is 17.0 Å². The van der Waals surface area contributed by atoms with Crippen molar-refractivity contribution in [3.63, 3.8) is 0 Å². The van der Waals surface area contributed by atoms with Gasteiger partial charge in [0.2, 0.25) is 0 Å². The van der Waals surface area contributed by atoms with Gasteiger partial charge < -0.3 is 15.2 Å². The van der Waals surface area contributed by atoms with Crippen LogP contribution in [0, 0.1) is 13.8 Å². The van der Waals surface area contributed by atoms with E-state index in [-0.39, 0.29) is 6.61 Å². The van der Waals surface area contributed by atoms with Crippen LogP contribution in [0.5, 0.6) is 0 Å². The summed E-state index contributed by atoms with van der Waals surface area (Å²) in [6.07, 6.45) is 0.589. The third-order valence-electron chi connectivity index (χ3n) is 2.70. The van der Waals surface area contributed by atoms with Gasteiger partial charge in [-0.1, -0.05) is 12.7 Å². The number of hydrogen-bond donors (Lipinski definition) is 2. The normalized spacial score (nSPS) is 11.7. The molecule has 1 unspecified atom stereocenters. The Morgan fingerprint density at radius 2 is 2.21 bits per heavy atom. The largest absolute Gasteiger partial charge is 0.479 e. The van der Waals surface area contributed by atoms with Crippen LogP contribution in [0.1, 0.15) is 23.0 Å². The first-order chi connectivity index (χ1) is 8.88. The number of carboxylic acid groups (broad SMARTS) is 1. The number of aliphatic carboxylic acids is 1. The molecule has 1 rings (SSSR count). The van der Waals surface area contributed by atoms with E-state index in [1.807, 2.05) is 0 Å². The molecule has 1 heterocycles. The lowest BCUT2D eigenvalue weighted by atomic mass is 10.1. The molecule has 0 radical (unpaired) electrons. The predicted octanol–water partition coefficient (Wildman–Crippen LogP) is 1.07. The summed E-state index contributed by atoms with van der Waals surface area (Å²) in [5.74, 6) is -1.17. The summed E-state index contributed by atoms with van der Waals surface area (Å²) in [6.45, 7) is 6.85. The van der Waals surface area contributed by atoms with Crippen LogP contribution >= 0.6 is 0 Å². The fraction of sp³-hybridized carbons (Fsp3) is 0.417. The number of aryl methyl sites for hydroxylation is 2. The molecule has 7 heteroatoms. The molecule has 1 aromatic heterocycles. The lowest BCUT2D eigenvalue weighted by Gasteiger charge is -2.15. The predicted molar refractivity (Wildman–Crippen MR) is 67.7 cm³/mol. The second kappa shape index (κ2) is 6.03. The minimum Gasteiger partial charge on any atom is -0.479 e. The number of amides is 1. The Labute approximate surface area is 110 Å². The number of carbonyl (C=O) groups excluding carboxylic acids is 1. The fourth-order valence-corrected chi connectivity index (χ4v) is 1.76. The molecule has 0 bridgehead atoms. The molecule has 7 nitrogen and oxygen atoms in total. The van der Waals surface area contributed by atoms with Crippen molar-refractivity contribution >= 4 is 12.1 Å². The maximum atomic E-state index is 11.4. The van der Waals surface area contributed by atoms with Crippen LogP contribution in [-0.2, 0) is 16.6 Å². The third kappa shape index (κ3) is 3.34. The highest BCUT2D eigenvalue weighted by molar-refractivity contribution is 5.82. The molecule has 0 saturated carbocycles. The smallest absolute Gasteiger partial charge is 0.408 e. The molecular weight excluding hydrogens is 250 g/mol. The molecule has 0 aliphatic rings. The topological polar surface area (TPSA) is 93.4 Å². The van der Waals surface area contributed by atoms with Crippen molar-refractivity contribution < 1.29 is 19.4 Å². The number of nitrogens with zero attached hydrogens (tertiary/aromatic N) is 2. The Morgan fingerprint density at radius 3 is 2.63 bits per heavy atom. The van der Waals surface area contributed by atoms with E-state index < -0.39 is 18.1 Å². The Hall–Kier alpha value is -2.31. The summed E-state index contributed by atoms with van der Waals surface area (Å²) in [5, 5.41) is 15.7. The molecule has 2 N–H and O–H groups in total. The van der Waals surface area contributed by atoms with Gasteiger partial charge in [-0.15, -0.1) is 0 Å². The molecule has 104 valence electrons. The second-order valence-electron chi connectivity index (χ2n) is 4.01. The van der Waals surface area contributed by atoms with Gasteiger partial charge in [0.25, 0.3) is 0 Å². The van der Waals surface area contributed by atoms with E-state index in [1.54, 1.807) is 25.6 Å². The van der Waals surface area contributed by atoms with E-state index in [4.69, 9.17) is 4.74 Å². The Kier molecular flexibility index (Phi) is 4.68. The number of nitrogens with one attached hydrogen (secondary N) is 1. The summed E-state index contributed by atoms with van der Waals surface area (Å²) in [7, 11) is 1.71. The third-order valence-corrected chi connectivity index (χ3v) is 2.70. The van der Waals surface area contributed by atoms with Crippen LogP contribution in [0.3, 0.4) is 0 Å². The lowest BCUT2D eigenvalue weighted by molar-refractivity contribution is -0.139. The van der Waals surface area contributed by atoms with Crippen LogP contribution < -0.4 is 5.32 Å². The average molecular weight is 267 g/mol. The average Bonchev–Trinajstić information content (AvgIpc) is 2.58. The van der Waals surface area contributed by atoms with Crippen molar-refractivity contribution in [2.75, 3.05) is 6.61 Å². The van der Waals surface area contributed by atoms with Gasteiger partial charge in [-0.2, -0.15) is 5.10 Å². The zero-order valence-corrected chi connectivity index (χ0v) is 11.1. The molecule has 0 aromatic carbocycles. The quantitative estimate of drug-likeness (QED) is 0.778. The lowest BCUT2D eigenvalue weighted by Crippen LogP contribution is -2.34. The van der Waals surface area contributed by atoms with Crippen molar-refractivity contribution in [1.82, 2.24) is 15.1 Å². The Bertz CT molecular complexity index is 507. The first kappa shape index (κ1) is 14.7. The van der Waals surface area contributed by atoms with Crippen molar-refractivity contribution in [2.24, 2.45) is 7.05 Å². The standard InChI is InChI=1S/C12H17N3O4/c1-5-6-19-12(18)13-10(11(16)17)9-7(2)14-15(4)8(9)3/h5,10H,1,6H2,2-4H3,(H,13,18)(H,16,17). The van der Waals surface area contributed by atoms with E-state index in [0.717, 1.165) is 0 Å². The minimum absolute atomic E-state index is 0.0170. The molecule has 19 heavy (non-hydrogen) atoms. The van der Waals surface area contributed by atoms with E-state index in [2.05, 4.69) is 17.0 Å². The highest BCUT2D eigenvalue weighted by Gasteiger charge is 2.28. The van der Waals surface area contributed by atoms with Crippen molar-refractivity contribution in [3.05, 3.63) is 29.6 Å². The van der Waals surface area contributed by atoms with Crippen LogP contribution in [-0.4, -0.2) is 33.6 Å². The number of aromatic nitrogens is 2. The first-order valence-electron chi connectivity index (χ1n) is 5.65. The monoisotopic (exact) mass is 267 g/mol. The highest BCUT2D eigenvalue weighted by Crippen LogP contribution is 2.21. The van der Waals surface area contributed by atoms with Gasteiger partial charge in [0.15, 0.2) is 6.04 Å². The summed E-state index contributed by atoms with van der Waals surface area (Å²) in [6, 6.07) is -1.19. The molecule has 0 aliphatic carbocycles. The maximum Gasteiger partial charge on any atom is 0.408 e. The minimum atomic E-state index is -1.19. The van der Waals surface area contributed by atoms with Gasteiger partial charge in [-0.3, -0.25) is 4.68 Å².